The van der Waals surface area contributed by atoms with Gasteiger partial charge in [-0.05, 0) is 22.4 Å². The number of ether oxygens (including phenoxy) is 2. The van der Waals surface area contributed by atoms with E-state index in [9.17, 15) is 19.4 Å². The molecular formula is C20H22F3N10O9P2S2+. The first kappa shape index (κ1) is 33.0. The van der Waals surface area contributed by atoms with Gasteiger partial charge in [0.25, 0.3) is 5.56 Å². The molecule has 2 aliphatic heterocycles. The zero-order chi connectivity index (χ0) is 33.1. The van der Waals surface area contributed by atoms with Gasteiger partial charge >= 0.3 is 19.9 Å². The highest BCUT2D eigenvalue weighted by atomic mass is 32.7. The molecule has 4 aromatic rings. The van der Waals surface area contributed by atoms with Gasteiger partial charge in [0.05, 0.1) is 12.0 Å². The number of rotatable bonds is 10. The predicted octanol–water partition coefficient (Wildman–Crippen LogP) is 0.475. The van der Waals surface area contributed by atoms with Gasteiger partial charge in [0.15, 0.2) is 29.7 Å². The molecule has 0 bridgehead atoms. The second-order valence-corrected chi connectivity index (χ2v) is 14.4. The minimum absolute atomic E-state index is 0.00248. The fourth-order valence-electron chi connectivity index (χ4n) is 4.94. The van der Waals surface area contributed by atoms with Crippen molar-refractivity contribution in [3.05, 3.63) is 28.9 Å². The van der Waals surface area contributed by atoms with E-state index >= 15 is 13.2 Å². The zero-order valence-corrected chi connectivity index (χ0v) is 26.1. The van der Waals surface area contributed by atoms with E-state index in [4.69, 9.17) is 46.3 Å². The summed E-state index contributed by atoms with van der Waals surface area (Å²) in [7, 11) is -2.48. The van der Waals surface area contributed by atoms with Crippen LogP contribution in [0.15, 0.2) is 23.4 Å². The third kappa shape index (κ3) is 5.99. The summed E-state index contributed by atoms with van der Waals surface area (Å²) in [6.45, 7) is -6.11. The molecule has 9 atom stereocenters. The van der Waals surface area contributed by atoms with Crippen LogP contribution >= 0.6 is 26.2 Å². The molecule has 2 saturated heterocycles. The normalized spacial score (nSPS) is 29.4. The molecule has 2 aliphatic rings. The molecule has 2 fully saturated rings. The number of aromatic nitrogens is 8. The van der Waals surface area contributed by atoms with Crippen LogP contribution in [0.4, 0.5) is 24.9 Å². The van der Waals surface area contributed by atoms with Gasteiger partial charge in [-0.2, -0.15) is 18.4 Å². The number of anilines is 2. The second kappa shape index (κ2) is 12.3. The van der Waals surface area contributed by atoms with Gasteiger partial charge in [-0.15, -0.1) is 9.62 Å². The Labute approximate surface area is 264 Å². The van der Waals surface area contributed by atoms with Crippen LogP contribution in [0.25, 0.3) is 22.2 Å². The van der Waals surface area contributed by atoms with E-state index in [-0.39, 0.29) is 34.0 Å². The van der Waals surface area contributed by atoms with E-state index in [1.165, 1.54) is 12.3 Å². The molecule has 2 unspecified atom stereocenters. The molecule has 6 rings (SSSR count). The van der Waals surface area contributed by atoms with Crippen LogP contribution in [0.2, 0.25) is 0 Å². The fourth-order valence-corrected chi connectivity index (χ4v) is 6.82. The Morgan fingerprint density at radius 2 is 2.00 bits per heavy atom. The van der Waals surface area contributed by atoms with Crippen molar-refractivity contribution in [2.75, 3.05) is 24.7 Å². The van der Waals surface area contributed by atoms with Crippen molar-refractivity contribution in [1.82, 2.24) is 39.5 Å². The molecule has 19 nitrogen and oxygen atoms in total. The highest BCUT2D eigenvalue weighted by molar-refractivity contribution is 8.39. The van der Waals surface area contributed by atoms with Gasteiger partial charge in [0, 0.05) is 6.20 Å². The molecule has 4 aromatic heterocycles. The third-order valence-electron chi connectivity index (χ3n) is 7.04. The Balaban J connectivity index is 1.22. The van der Waals surface area contributed by atoms with Crippen molar-refractivity contribution in [2.45, 2.75) is 49.0 Å². The average molecular weight is 730 g/mol. The smallest absolute Gasteiger partial charge is 0.384 e. The molecule has 0 radical (unpaired) electrons. The SMILES string of the molecule is Nc1nc2c(nnn2[C@@H]2O[C@H](CO[P+](=O)S)[C@H](F)[C@H]2OP(O)(=S)OC[C@H]2O[C@@H](n3ccc4c(N)ncnc43)C(F)(F)[C@@H]2O)c(=O)[nH]1. The number of thiol groups is 1. The molecule has 0 aliphatic carbocycles. The van der Waals surface area contributed by atoms with Crippen molar-refractivity contribution < 1.29 is 50.8 Å². The topological polar surface area (TPSA) is 263 Å². The highest BCUT2D eigenvalue weighted by Crippen LogP contribution is 2.52. The molecule has 6 heterocycles. The Kier molecular flexibility index (Phi) is 8.82. The Bertz CT molecular complexity index is 1920. The average Bonchev–Trinajstić information content (AvgIpc) is 3.72. The number of halogens is 3. The minimum atomic E-state index is -4.56. The number of nitrogens with one attached hydrogen (secondary N) is 1. The standard InChI is InChI=1S/C20H21F3N10O9P2S2/c21-9-7(3-38-43(36)45)40-17(33-15-10(30-31-33)16(35)29-19(25)28-15)11(9)42-44(37,46)39-4-8-12(34)20(22,23)18(41-8)32-2-1-6-13(24)26-5-27-14(6)32/h1-2,5,7-9,11-12,17-18,34H,3-4H2,(H6-,24,25,26,27,28,29,31,35,36,37,45,46)/p+1/t7-,8-,9+,11-,12-,17-,18-,44?/m1/s1. The summed E-state index contributed by atoms with van der Waals surface area (Å²) < 4.78 is 85.8. The Morgan fingerprint density at radius 1 is 1.24 bits per heavy atom. The summed E-state index contributed by atoms with van der Waals surface area (Å²) in [5, 5.41) is 18.1. The van der Waals surface area contributed by atoms with E-state index in [0.717, 1.165) is 15.6 Å². The first-order valence-electron chi connectivity index (χ1n) is 12.8. The number of alkyl halides is 3. The highest BCUT2D eigenvalue weighted by Gasteiger charge is 2.60. The van der Waals surface area contributed by atoms with Crippen molar-refractivity contribution in [3.63, 3.8) is 0 Å². The number of aliphatic hydroxyl groups is 1. The third-order valence-corrected chi connectivity index (χ3v) is 9.31. The molecule has 0 aromatic carbocycles. The molecule has 0 amide bonds. The van der Waals surface area contributed by atoms with E-state index < -0.39 is 81.7 Å². The lowest BCUT2D eigenvalue weighted by molar-refractivity contribution is -0.138. The summed E-state index contributed by atoms with van der Waals surface area (Å²) in [5.74, 6) is -4.21. The summed E-state index contributed by atoms with van der Waals surface area (Å²) in [6.07, 6.45) is -11.2. The largest absolute Gasteiger partial charge is 0.582 e. The van der Waals surface area contributed by atoms with Crippen LogP contribution in [0, 0.1) is 0 Å². The van der Waals surface area contributed by atoms with E-state index in [2.05, 4.69) is 42.5 Å². The zero-order valence-electron chi connectivity index (χ0n) is 22.6. The molecule has 0 saturated carbocycles. The van der Waals surface area contributed by atoms with Crippen molar-refractivity contribution in [1.29, 1.82) is 0 Å². The minimum Gasteiger partial charge on any atom is -0.384 e. The van der Waals surface area contributed by atoms with Gasteiger partial charge in [-0.25, -0.2) is 14.4 Å². The van der Waals surface area contributed by atoms with Crippen LogP contribution in [-0.4, -0.2) is 99.2 Å². The van der Waals surface area contributed by atoms with Crippen LogP contribution in [0.5, 0.6) is 0 Å². The van der Waals surface area contributed by atoms with Gasteiger partial charge in [-0.3, -0.25) is 14.3 Å². The maximum atomic E-state index is 15.7. The van der Waals surface area contributed by atoms with Gasteiger partial charge in [0.1, 0.15) is 55.0 Å². The Hall–Kier alpha value is -2.89. The van der Waals surface area contributed by atoms with Crippen LogP contribution < -0.4 is 17.0 Å². The molecule has 7 N–H and O–H groups in total. The fraction of sp³-hybridized carbons (Fsp3) is 0.500. The maximum absolute atomic E-state index is 15.7. The number of hydrogen-bond acceptors (Lipinski definition) is 16. The first-order valence-corrected chi connectivity index (χ1v) is 17.7. The number of aromatic amines is 1. The lowest BCUT2D eigenvalue weighted by Gasteiger charge is -2.25. The number of nitrogen functional groups attached to an aromatic ring is 2. The quantitative estimate of drug-likeness (QED) is 0.0957. The van der Waals surface area contributed by atoms with Crippen molar-refractivity contribution in [3.8, 4) is 0 Å². The van der Waals surface area contributed by atoms with Crippen LogP contribution in [0.1, 0.15) is 12.5 Å². The van der Waals surface area contributed by atoms with Gasteiger partial charge in [-0.1, -0.05) is 5.21 Å². The molecule has 0 spiro atoms. The molecule has 46 heavy (non-hydrogen) atoms. The summed E-state index contributed by atoms with van der Waals surface area (Å²) in [4.78, 5) is 37.0. The van der Waals surface area contributed by atoms with Crippen molar-refractivity contribution in [2.24, 2.45) is 0 Å². The van der Waals surface area contributed by atoms with E-state index in [0.29, 0.717) is 0 Å². The summed E-state index contributed by atoms with van der Waals surface area (Å²) in [6, 6.07) is 1.39. The molecule has 26 heteroatoms. The number of hydrogen-bond donors (Lipinski definition) is 6. The van der Waals surface area contributed by atoms with Gasteiger partial charge < -0.3 is 40.0 Å². The maximum Gasteiger partial charge on any atom is 0.582 e. The number of aliphatic hydroxyl groups excluding tert-OH is 1. The Morgan fingerprint density at radius 3 is 2.74 bits per heavy atom. The molecular weight excluding hydrogens is 707 g/mol. The number of nitrogens with two attached hydrogens (primary N) is 2. The first-order chi connectivity index (χ1) is 21.7. The van der Waals surface area contributed by atoms with Crippen LogP contribution in [0.3, 0.4) is 0 Å². The number of nitrogens with zero attached hydrogens (tertiary/aromatic N) is 7. The number of fused-ring (bicyclic) bond motifs is 2. The monoisotopic (exact) mass is 729 g/mol. The summed E-state index contributed by atoms with van der Waals surface area (Å²) >= 11 is 8.63. The molecule has 248 valence electrons. The van der Waals surface area contributed by atoms with E-state index in [1.807, 2.05) is 0 Å². The second-order valence-electron chi connectivity index (χ2n) is 9.90. The predicted molar refractivity (Wildman–Crippen MR) is 156 cm³/mol. The van der Waals surface area contributed by atoms with Crippen LogP contribution in [-0.2, 0) is 39.4 Å². The van der Waals surface area contributed by atoms with Gasteiger partial charge in [0.2, 0.25) is 12.2 Å². The lowest BCUT2D eigenvalue weighted by Crippen LogP contribution is -2.39. The summed E-state index contributed by atoms with van der Waals surface area (Å²) in [5.41, 5.74) is 10.0. The number of H-pyrrole nitrogens is 1. The lowest BCUT2D eigenvalue weighted by atomic mass is 10.1. The van der Waals surface area contributed by atoms with Crippen molar-refractivity contribution >= 4 is 72.0 Å². The van der Waals surface area contributed by atoms with E-state index in [1.54, 1.807) is 0 Å².